The van der Waals surface area contributed by atoms with Gasteiger partial charge in [0.2, 0.25) is 0 Å². The summed E-state index contributed by atoms with van der Waals surface area (Å²) in [5.41, 5.74) is 0. The second-order valence-corrected chi connectivity index (χ2v) is 24.8. The van der Waals surface area contributed by atoms with Crippen molar-refractivity contribution in [3.8, 4) is 0 Å². The molecule has 0 fully saturated rings. The molecule has 0 bridgehead atoms. The Morgan fingerprint density at radius 1 is 1.44 bits per heavy atom. The molecule has 0 saturated carbocycles. The molecule has 0 aliphatic rings. The molecule has 0 aromatic heterocycles. The molecule has 0 aliphatic carbocycles. The normalized spacial score (nSPS) is 15.3. The van der Waals surface area contributed by atoms with Crippen molar-refractivity contribution in [2.24, 2.45) is 0 Å². The standard InChI is InChI=1S/C6H20Si3/c1-3-4-5-6-8-9(2)7/h9H,3-6,8H2,1-2,7H3. The minimum atomic E-state index is 0.0646. The van der Waals surface area contributed by atoms with Crippen molar-refractivity contribution in [1.29, 1.82) is 0 Å². The summed E-state index contributed by atoms with van der Waals surface area (Å²) in [4.78, 5) is 0. The summed E-state index contributed by atoms with van der Waals surface area (Å²) < 4.78 is 0. The van der Waals surface area contributed by atoms with Crippen LogP contribution < -0.4 is 0 Å². The van der Waals surface area contributed by atoms with Gasteiger partial charge in [-0.15, -0.1) is 0 Å². The number of rotatable bonds is 5. The molecule has 0 saturated heterocycles. The minimum Gasteiger partial charge on any atom is -0.0768 e. The van der Waals surface area contributed by atoms with Gasteiger partial charge in [-0.05, 0) is 9.76 Å². The van der Waals surface area contributed by atoms with E-state index in [4.69, 9.17) is 0 Å². The molecule has 0 radical (unpaired) electrons. The van der Waals surface area contributed by atoms with Gasteiger partial charge in [0, 0.05) is 16.9 Å². The van der Waals surface area contributed by atoms with Crippen LogP contribution in [0.1, 0.15) is 26.2 Å². The Balaban J connectivity index is 2.75. The van der Waals surface area contributed by atoms with E-state index in [1.807, 2.05) is 0 Å². The average Bonchev–Trinajstić information content (AvgIpc) is 1.80. The van der Waals surface area contributed by atoms with Gasteiger partial charge in [0.05, 0.1) is 0 Å². The van der Waals surface area contributed by atoms with Crippen LogP contribution in [-0.4, -0.2) is 26.6 Å². The van der Waals surface area contributed by atoms with E-state index in [1.165, 1.54) is 12.8 Å². The predicted molar refractivity (Wildman–Crippen MR) is 55.8 cm³/mol. The highest BCUT2D eigenvalue weighted by Crippen LogP contribution is 1.98. The van der Waals surface area contributed by atoms with Crippen LogP contribution in [-0.2, 0) is 0 Å². The van der Waals surface area contributed by atoms with Crippen molar-refractivity contribution in [3.63, 3.8) is 0 Å². The summed E-state index contributed by atoms with van der Waals surface area (Å²) in [5.74, 6) is 0. The van der Waals surface area contributed by atoms with Gasteiger partial charge in [-0.1, -0.05) is 38.8 Å². The molecule has 0 aliphatic heterocycles. The van der Waals surface area contributed by atoms with E-state index >= 15 is 0 Å². The van der Waals surface area contributed by atoms with Gasteiger partial charge in [-0.25, -0.2) is 0 Å². The van der Waals surface area contributed by atoms with Crippen molar-refractivity contribution in [3.05, 3.63) is 0 Å². The predicted octanol–water partition coefficient (Wildman–Crippen LogP) is -0.0206. The first-order valence-electron chi connectivity index (χ1n) is 4.27. The molecule has 0 rings (SSSR count). The van der Waals surface area contributed by atoms with E-state index in [0.717, 1.165) is 0 Å². The van der Waals surface area contributed by atoms with Crippen molar-refractivity contribution >= 4 is 26.6 Å². The maximum Gasteiger partial charge on any atom is 0.00809 e. The van der Waals surface area contributed by atoms with Gasteiger partial charge < -0.3 is 0 Å². The lowest BCUT2D eigenvalue weighted by Crippen LogP contribution is -2.17. The quantitative estimate of drug-likeness (QED) is 0.408. The summed E-state index contributed by atoms with van der Waals surface area (Å²) in [7, 11) is 2.18. The summed E-state index contributed by atoms with van der Waals surface area (Å²) in [6.07, 6.45) is 4.46. The number of hydrogen-bond donors (Lipinski definition) is 0. The zero-order valence-electron chi connectivity index (χ0n) is 7.11. The third kappa shape index (κ3) is 8.65. The zero-order valence-corrected chi connectivity index (χ0v) is 11.7. The fourth-order valence-corrected chi connectivity index (χ4v) is 9.43. The van der Waals surface area contributed by atoms with Crippen LogP contribution in [0.15, 0.2) is 0 Å². The Labute approximate surface area is 65.9 Å². The highest BCUT2D eigenvalue weighted by Gasteiger charge is 1.94. The van der Waals surface area contributed by atoms with Gasteiger partial charge in [0.1, 0.15) is 0 Å². The highest BCUT2D eigenvalue weighted by molar-refractivity contribution is 7.34. The van der Waals surface area contributed by atoms with E-state index in [1.54, 1.807) is 22.2 Å². The van der Waals surface area contributed by atoms with E-state index in [2.05, 4.69) is 13.5 Å². The van der Waals surface area contributed by atoms with Crippen LogP contribution in [0.25, 0.3) is 0 Å². The molecule has 1 unspecified atom stereocenters. The first-order valence-corrected chi connectivity index (χ1v) is 14.3. The second-order valence-electron chi connectivity index (χ2n) is 3.24. The maximum absolute atomic E-state index is 2.56. The third-order valence-electron chi connectivity index (χ3n) is 1.64. The summed E-state index contributed by atoms with van der Waals surface area (Å²) in [6.45, 7) is 4.85. The zero-order chi connectivity index (χ0) is 7.11. The van der Waals surface area contributed by atoms with Crippen LogP contribution >= 0.6 is 0 Å². The lowest BCUT2D eigenvalue weighted by molar-refractivity contribution is 0.770. The van der Waals surface area contributed by atoms with Crippen LogP contribution in [0, 0.1) is 0 Å². The van der Waals surface area contributed by atoms with Gasteiger partial charge in [-0.2, -0.15) is 0 Å². The summed E-state index contributed by atoms with van der Waals surface area (Å²) in [5, 5.41) is 0. The van der Waals surface area contributed by atoms with Crippen molar-refractivity contribution in [1.82, 2.24) is 0 Å². The smallest absolute Gasteiger partial charge is 0.00809 e. The van der Waals surface area contributed by atoms with E-state index in [-0.39, 0.29) is 7.83 Å². The maximum atomic E-state index is 2.56. The number of hydrogen-bond acceptors (Lipinski definition) is 0. The molecule has 9 heavy (non-hydrogen) atoms. The lowest BCUT2D eigenvalue weighted by atomic mass is 10.3. The first kappa shape index (κ1) is 9.65. The molecule has 3 heteroatoms. The molecule has 1 atom stereocenters. The Morgan fingerprint density at radius 2 is 2.11 bits per heavy atom. The first-order chi connectivity index (χ1) is 4.27. The fraction of sp³-hybridized carbons (Fsp3) is 1.00. The highest BCUT2D eigenvalue weighted by atomic mass is 29.5. The third-order valence-corrected chi connectivity index (χ3v) is 13.6. The molecule has 56 valence electrons. The molecule has 0 spiro atoms. The molecule has 0 amide bonds. The van der Waals surface area contributed by atoms with Crippen LogP contribution in [0.3, 0.4) is 0 Å². The van der Waals surface area contributed by atoms with Crippen molar-refractivity contribution in [2.45, 2.75) is 38.8 Å². The number of unbranched alkanes of at least 4 members (excludes halogenated alkanes) is 2. The van der Waals surface area contributed by atoms with Gasteiger partial charge in [0.15, 0.2) is 0 Å². The molecular formula is C6H20Si3. The van der Waals surface area contributed by atoms with Crippen LogP contribution in [0.5, 0.6) is 0 Å². The Bertz CT molecular complexity index is 54.3. The van der Waals surface area contributed by atoms with E-state index in [9.17, 15) is 0 Å². The van der Waals surface area contributed by atoms with Crippen LogP contribution in [0.2, 0.25) is 12.6 Å². The lowest BCUT2D eigenvalue weighted by Gasteiger charge is -1.99. The molecule has 0 heterocycles. The Hall–Kier alpha value is 0.651. The largest absolute Gasteiger partial charge is 0.0768 e. The fourth-order valence-electron chi connectivity index (χ4n) is 0.979. The van der Waals surface area contributed by atoms with Gasteiger partial charge in [0.25, 0.3) is 0 Å². The van der Waals surface area contributed by atoms with Gasteiger partial charge >= 0.3 is 0 Å². The Morgan fingerprint density at radius 3 is 2.56 bits per heavy atom. The van der Waals surface area contributed by atoms with Crippen LogP contribution in [0.4, 0.5) is 0 Å². The van der Waals surface area contributed by atoms with Gasteiger partial charge in [-0.3, -0.25) is 0 Å². The summed E-state index contributed by atoms with van der Waals surface area (Å²) >= 11 is 0. The SMILES string of the molecule is CCCCC[SiH2][SiH](C)[SiH3]. The second kappa shape index (κ2) is 6.77. The molecule has 0 N–H and O–H groups in total. The minimum absolute atomic E-state index is 0.0646. The van der Waals surface area contributed by atoms with Crippen molar-refractivity contribution < 1.29 is 0 Å². The Kier molecular flexibility index (Phi) is 7.26. The molecular weight excluding hydrogens is 156 g/mol. The van der Waals surface area contributed by atoms with E-state index < -0.39 is 0 Å². The van der Waals surface area contributed by atoms with E-state index in [0.29, 0.717) is 9.04 Å². The monoisotopic (exact) mass is 176 g/mol. The summed E-state index contributed by atoms with van der Waals surface area (Å²) in [6, 6.07) is 1.67. The molecule has 0 aromatic carbocycles. The molecule has 0 aromatic rings. The molecule has 0 nitrogen and oxygen atoms in total. The van der Waals surface area contributed by atoms with Crippen molar-refractivity contribution in [2.75, 3.05) is 0 Å². The average molecular weight is 176 g/mol. The topological polar surface area (TPSA) is 0 Å².